The molecule has 0 unspecified atom stereocenters. The van der Waals surface area contributed by atoms with Crippen LogP contribution in [0.25, 0.3) is 16.0 Å². The minimum atomic E-state index is -0.872. The molecule has 0 radical (unpaired) electrons. The van der Waals surface area contributed by atoms with E-state index in [-0.39, 0.29) is 17.4 Å². The molecule has 8 heteroatoms. The topological polar surface area (TPSA) is 89.0 Å². The van der Waals surface area contributed by atoms with Crippen LogP contribution in [-0.4, -0.2) is 34.5 Å². The summed E-state index contributed by atoms with van der Waals surface area (Å²) in [6.45, 7) is 7.99. The second-order valence-corrected chi connectivity index (χ2v) is 10.8. The van der Waals surface area contributed by atoms with Gasteiger partial charge in [0.1, 0.15) is 30.0 Å². The molecule has 1 N–H and O–H groups in total. The number of hydrogen-bond donors (Lipinski definition) is 1. The van der Waals surface area contributed by atoms with Gasteiger partial charge in [0, 0.05) is 12.0 Å². The van der Waals surface area contributed by atoms with Crippen LogP contribution in [0.4, 0.5) is 5.13 Å². The van der Waals surface area contributed by atoms with Crippen molar-refractivity contribution in [2.45, 2.75) is 32.4 Å². The summed E-state index contributed by atoms with van der Waals surface area (Å²) >= 11 is 1.34. The van der Waals surface area contributed by atoms with Crippen LogP contribution < -0.4 is 14.4 Å². The van der Waals surface area contributed by atoms with Gasteiger partial charge in [0.05, 0.1) is 21.8 Å². The lowest BCUT2D eigenvalue weighted by atomic mass is 9.94. The number of amides is 1. The van der Waals surface area contributed by atoms with Gasteiger partial charge in [0.15, 0.2) is 5.13 Å². The maximum Gasteiger partial charge on any atom is 0.301 e. The number of aryl methyl sites for hydroxylation is 1. The summed E-state index contributed by atoms with van der Waals surface area (Å²) in [6, 6.07) is 17.5. The number of rotatable bonds is 6. The molecule has 1 aromatic heterocycles. The van der Waals surface area contributed by atoms with Crippen LogP contribution in [0.3, 0.4) is 0 Å². The lowest BCUT2D eigenvalue weighted by Crippen LogP contribution is -2.29. The van der Waals surface area contributed by atoms with E-state index in [1.807, 2.05) is 38.1 Å². The molecule has 1 amide bonds. The third-order valence-electron chi connectivity index (χ3n) is 6.92. The average molecular weight is 539 g/mol. The summed E-state index contributed by atoms with van der Waals surface area (Å²) in [6.07, 6.45) is 2.39. The quantitative estimate of drug-likeness (QED) is 0.138. The molecule has 3 heterocycles. The zero-order valence-corrected chi connectivity index (χ0v) is 22.3. The highest BCUT2D eigenvalue weighted by molar-refractivity contribution is 7.22. The van der Waals surface area contributed by atoms with Gasteiger partial charge in [-0.05, 0) is 73.0 Å². The van der Waals surface area contributed by atoms with Crippen molar-refractivity contribution < 1.29 is 24.2 Å². The van der Waals surface area contributed by atoms with Gasteiger partial charge in [-0.25, -0.2) is 4.98 Å². The van der Waals surface area contributed by atoms with Crippen LogP contribution in [0.5, 0.6) is 11.5 Å². The average Bonchev–Trinajstić information content (AvgIpc) is 3.59. The minimum absolute atomic E-state index is 0.0158. The molecule has 1 saturated heterocycles. The SMILES string of the molecule is C=CCOc1ccc([C@H]2C(=C(O)c3ccc4c(c3)C[C@@H](C)O4)C(=O)C(=O)N2c2nc3ccc(C)cc3s2)cc1. The van der Waals surface area contributed by atoms with Crippen molar-refractivity contribution in [2.24, 2.45) is 0 Å². The highest BCUT2D eigenvalue weighted by Crippen LogP contribution is 2.45. The van der Waals surface area contributed by atoms with E-state index in [2.05, 4.69) is 6.58 Å². The number of ketones is 1. The van der Waals surface area contributed by atoms with Gasteiger partial charge in [-0.3, -0.25) is 14.5 Å². The number of ether oxygens (including phenoxy) is 2. The van der Waals surface area contributed by atoms with Crippen molar-refractivity contribution in [1.82, 2.24) is 4.98 Å². The van der Waals surface area contributed by atoms with Crippen LogP contribution in [0.2, 0.25) is 0 Å². The largest absolute Gasteiger partial charge is 0.507 e. The van der Waals surface area contributed by atoms with Gasteiger partial charge in [0.2, 0.25) is 0 Å². The molecule has 2 aliphatic rings. The summed E-state index contributed by atoms with van der Waals surface area (Å²) in [5.74, 6) is -0.339. The third-order valence-corrected chi connectivity index (χ3v) is 7.93. The van der Waals surface area contributed by atoms with Gasteiger partial charge in [-0.1, -0.05) is 42.2 Å². The molecular formula is C31H26N2O5S. The normalized spacial score (nSPS) is 19.8. The van der Waals surface area contributed by atoms with Gasteiger partial charge in [0.25, 0.3) is 5.78 Å². The molecule has 39 heavy (non-hydrogen) atoms. The maximum absolute atomic E-state index is 13.6. The molecule has 0 spiro atoms. The zero-order chi connectivity index (χ0) is 27.3. The Morgan fingerprint density at radius 1 is 1.18 bits per heavy atom. The number of aliphatic hydroxyl groups excluding tert-OH is 1. The first-order chi connectivity index (χ1) is 18.8. The Morgan fingerprint density at radius 2 is 1.97 bits per heavy atom. The summed E-state index contributed by atoms with van der Waals surface area (Å²) in [7, 11) is 0. The van der Waals surface area contributed by atoms with E-state index < -0.39 is 17.7 Å². The standard InChI is InChI=1S/C31H26N2O5S/c1-4-13-37-22-9-6-19(7-10-22)27-26(28(34)20-8-12-24-21(16-20)15-18(3)38-24)29(35)30(36)33(27)31-32-23-11-5-17(2)14-25(23)39-31/h4-12,14,16,18,27,34H,1,13,15H2,2-3H3/t18-,27+/m1/s1. The number of benzene rings is 3. The second kappa shape index (κ2) is 9.71. The fourth-order valence-corrected chi connectivity index (χ4v) is 6.18. The summed E-state index contributed by atoms with van der Waals surface area (Å²) < 4.78 is 12.3. The summed E-state index contributed by atoms with van der Waals surface area (Å²) in [5, 5.41) is 11.9. The maximum atomic E-state index is 13.6. The fourth-order valence-electron chi connectivity index (χ4n) is 5.09. The number of carbonyl (C=O) groups is 2. The van der Waals surface area contributed by atoms with Gasteiger partial charge in [-0.15, -0.1) is 0 Å². The first-order valence-corrected chi connectivity index (χ1v) is 13.5. The molecule has 0 saturated carbocycles. The fraction of sp³-hybridized carbons (Fsp3) is 0.194. The van der Waals surface area contributed by atoms with Crippen LogP contribution in [-0.2, 0) is 16.0 Å². The van der Waals surface area contributed by atoms with Gasteiger partial charge >= 0.3 is 5.91 Å². The predicted octanol–water partition coefficient (Wildman–Crippen LogP) is 6.12. The predicted molar refractivity (Wildman–Crippen MR) is 152 cm³/mol. The van der Waals surface area contributed by atoms with E-state index in [1.165, 1.54) is 16.2 Å². The number of Topliss-reactive ketones (excluding diaryl/α,β-unsaturated/α-hetero) is 1. The number of aromatic nitrogens is 1. The van der Waals surface area contributed by atoms with E-state index in [0.29, 0.717) is 35.0 Å². The number of fused-ring (bicyclic) bond motifs is 2. The highest BCUT2D eigenvalue weighted by atomic mass is 32.1. The van der Waals surface area contributed by atoms with Crippen molar-refractivity contribution in [3.05, 3.63) is 101 Å². The molecule has 1 fully saturated rings. The van der Waals surface area contributed by atoms with E-state index in [4.69, 9.17) is 14.5 Å². The lowest BCUT2D eigenvalue weighted by Gasteiger charge is -2.23. The van der Waals surface area contributed by atoms with E-state index in [9.17, 15) is 14.7 Å². The molecule has 6 rings (SSSR count). The number of nitrogens with zero attached hydrogens (tertiary/aromatic N) is 2. The Bertz CT molecular complexity index is 1670. The second-order valence-electron chi connectivity index (χ2n) is 9.76. The third kappa shape index (κ3) is 4.36. The lowest BCUT2D eigenvalue weighted by molar-refractivity contribution is -0.132. The first kappa shape index (κ1) is 24.9. The monoisotopic (exact) mass is 538 g/mol. The number of carbonyl (C=O) groups excluding carboxylic acids is 2. The number of aliphatic hydroxyl groups is 1. The first-order valence-electron chi connectivity index (χ1n) is 12.7. The summed E-state index contributed by atoms with van der Waals surface area (Å²) in [4.78, 5) is 33.2. The van der Waals surface area contributed by atoms with Crippen molar-refractivity contribution in [2.75, 3.05) is 11.5 Å². The van der Waals surface area contributed by atoms with Gasteiger partial charge in [-0.2, -0.15) is 0 Å². The smallest absolute Gasteiger partial charge is 0.301 e. The van der Waals surface area contributed by atoms with Crippen molar-refractivity contribution in [1.29, 1.82) is 0 Å². The van der Waals surface area contributed by atoms with Crippen LogP contribution in [0.15, 0.2) is 78.9 Å². The van der Waals surface area contributed by atoms with Crippen molar-refractivity contribution >= 4 is 44.1 Å². The molecule has 0 bridgehead atoms. The Hall–Kier alpha value is -4.43. The van der Waals surface area contributed by atoms with Crippen LogP contribution >= 0.6 is 11.3 Å². The van der Waals surface area contributed by atoms with E-state index in [1.54, 1.807) is 42.5 Å². The van der Waals surface area contributed by atoms with E-state index in [0.717, 1.165) is 27.1 Å². The zero-order valence-electron chi connectivity index (χ0n) is 21.5. The highest BCUT2D eigenvalue weighted by Gasteiger charge is 2.48. The molecule has 2 aliphatic heterocycles. The Kier molecular flexibility index (Phi) is 6.19. The Balaban J connectivity index is 1.50. The molecule has 0 aliphatic carbocycles. The number of hydrogen-bond acceptors (Lipinski definition) is 7. The molecule has 4 aromatic rings. The molecule has 196 valence electrons. The van der Waals surface area contributed by atoms with Crippen molar-refractivity contribution in [3.63, 3.8) is 0 Å². The number of anilines is 1. The molecule has 7 nitrogen and oxygen atoms in total. The summed E-state index contributed by atoms with van der Waals surface area (Å²) in [5.41, 5.74) is 3.88. The van der Waals surface area contributed by atoms with Gasteiger partial charge < -0.3 is 14.6 Å². The molecule has 3 aromatic carbocycles. The molecule has 2 atom stereocenters. The number of thiazole rings is 1. The minimum Gasteiger partial charge on any atom is -0.507 e. The van der Waals surface area contributed by atoms with Crippen molar-refractivity contribution in [3.8, 4) is 11.5 Å². The Morgan fingerprint density at radius 3 is 2.74 bits per heavy atom. The van der Waals surface area contributed by atoms with Crippen LogP contribution in [0.1, 0.15) is 35.2 Å². The van der Waals surface area contributed by atoms with E-state index >= 15 is 0 Å². The Labute approximate surface area is 229 Å². The molecular weight excluding hydrogens is 512 g/mol. The van der Waals surface area contributed by atoms with Crippen LogP contribution in [0, 0.1) is 6.92 Å².